The second kappa shape index (κ2) is 9.34. The Balaban J connectivity index is 1.60. The normalized spacial score (nSPS) is 15.9. The van der Waals surface area contributed by atoms with Crippen LogP contribution in [0.5, 0.6) is 5.75 Å². The van der Waals surface area contributed by atoms with Gasteiger partial charge in [-0.05, 0) is 54.2 Å². The van der Waals surface area contributed by atoms with Crippen LogP contribution in [0.15, 0.2) is 41.0 Å². The monoisotopic (exact) mass is 450 g/mol. The Hall–Kier alpha value is -2.19. The van der Waals surface area contributed by atoms with Gasteiger partial charge in [-0.1, -0.05) is 6.07 Å². The van der Waals surface area contributed by atoms with E-state index in [9.17, 15) is 9.18 Å². The van der Waals surface area contributed by atoms with E-state index in [0.717, 1.165) is 37.6 Å². The number of halogens is 2. The highest BCUT2D eigenvalue weighted by Gasteiger charge is 2.20. The van der Waals surface area contributed by atoms with E-state index in [1.54, 1.807) is 13.1 Å². The molecule has 0 saturated carbocycles. The van der Waals surface area contributed by atoms with Crippen LogP contribution in [0.2, 0.25) is 0 Å². The number of anilines is 1. The molecule has 1 fully saturated rings. The van der Waals surface area contributed by atoms with Gasteiger partial charge in [-0.2, -0.15) is 0 Å². The molecule has 0 aliphatic carbocycles. The molecule has 3 rings (SSSR count). The number of hydrogen-bond donors (Lipinski definition) is 1. The maximum Gasteiger partial charge on any atom is 0.261 e. The highest BCUT2D eigenvalue weighted by molar-refractivity contribution is 9.10. The summed E-state index contributed by atoms with van der Waals surface area (Å²) in [5.74, 6) is 0.711. The first-order chi connectivity index (χ1) is 13.4. The van der Waals surface area contributed by atoms with E-state index in [-0.39, 0.29) is 11.7 Å². The number of carbonyl (C=O) groups excluding carboxylic acids is 1. The highest BCUT2D eigenvalue weighted by atomic mass is 79.9. The van der Waals surface area contributed by atoms with E-state index < -0.39 is 6.10 Å². The van der Waals surface area contributed by atoms with Gasteiger partial charge in [0.15, 0.2) is 6.10 Å². The molecule has 1 saturated heterocycles. The Kier molecular flexibility index (Phi) is 6.85. The molecule has 2 heterocycles. The summed E-state index contributed by atoms with van der Waals surface area (Å²) in [5, 5.41) is 2.91. The Morgan fingerprint density at radius 1 is 1.32 bits per heavy atom. The number of hydrogen-bond acceptors (Lipinski definition) is 5. The molecule has 1 aliphatic heterocycles. The third-order valence-electron chi connectivity index (χ3n) is 4.69. The molecule has 1 amide bonds. The van der Waals surface area contributed by atoms with Gasteiger partial charge in [0.2, 0.25) is 0 Å². The third-order valence-corrected chi connectivity index (χ3v) is 5.31. The Labute approximate surface area is 172 Å². The van der Waals surface area contributed by atoms with Gasteiger partial charge in [-0.3, -0.25) is 4.79 Å². The summed E-state index contributed by atoms with van der Waals surface area (Å²) in [7, 11) is 2.11. The molecule has 6 nitrogen and oxygen atoms in total. The van der Waals surface area contributed by atoms with Gasteiger partial charge in [0.25, 0.3) is 5.91 Å². The van der Waals surface area contributed by atoms with Gasteiger partial charge in [0, 0.05) is 44.5 Å². The molecule has 28 heavy (non-hydrogen) atoms. The zero-order valence-electron chi connectivity index (χ0n) is 16.0. The first kappa shape index (κ1) is 20.5. The van der Waals surface area contributed by atoms with Crippen molar-refractivity contribution in [3.63, 3.8) is 0 Å². The number of piperazine rings is 1. The summed E-state index contributed by atoms with van der Waals surface area (Å²) in [4.78, 5) is 21.5. The van der Waals surface area contributed by atoms with E-state index in [0.29, 0.717) is 16.8 Å². The molecular formula is C20H24BrFN4O2. The average molecular weight is 451 g/mol. The van der Waals surface area contributed by atoms with Crippen LogP contribution < -0.4 is 15.0 Å². The van der Waals surface area contributed by atoms with E-state index in [2.05, 4.69) is 43.1 Å². The number of likely N-dealkylation sites (N-methyl/N-ethyl adjacent to an activating group) is 1. The first-order valence-electron chi connectivity index (χ1n) is 9.21. The molecule has 150 valence electrons. The summed E-state index contributed by atoms with van der Waals surface area (Å²) in [6, 6.07) is 7.94. The number of amides is 1. The smallest absolute Gasteiger partial charge is 0.261 e. The third kappa shape index (κ3) is 5.20. The zero-order chi connectivity index (χ0) is 20.1. The number of carbonyl (C=O) groups is 1. The number of nitrogens with zero attached hydrogens (tertiary/aromatic N) is 3. The van der Waals surface area contributed by atoms with Crippen LogP contribution in [0.25, 0.3) is 0 Å². The lowest BCUT2D eigenvalue weighted by molar-refractivity contribution is -0.127. The van der Waals surface area contributed by atoms with Crippen molar-refractivity contribution in [1.82, 2.24) is 15.2 Å². The topological polar surface area (TPSA) is 57.7 Å². The van der Waals surface area contributed by atoms with E-state index >= 15 is 0 Å². The molecular weight excluding hydrogens is 427 g/mol. The van der Waals surface area contributed by atoms with Gasteiger partial charge >= 0.3 is 0 Å². The number of ether oxygens (including phenoxy) is 1. The van der Waals surface area contributed by atoms with Crippen LogP contribution in [0.4, 0.5) is 10.2 Å². The van der Waals surface area contributed by atoms with Gasteiger partial charge in [0.05, 0.1) is 4.47 Å². The number of pyridine rings is 1. The standard InChI is InChI=1S/C20H24BrFN4O2/c1-14(28-18-6-5-16(22)12-17(18)21)20(27)24-13-15-4-3-7-23-19(15)26-10-8-25(2)9-11-26/h3-7,12,14H,8-11,13H2,1-2H3,(H,24,27). The van der Waals surface area contributed by atoms with Crippen LogP contribution >= 0.6 is 15.9 Å². The molecule has 2 aromatic rings. The zero-order valence-corrected chi connectivity index (χ0v) is 17.6. The van der Waals surface area contributed by atoms with E-state index in [1.807, 2.05) is 12.1 Å². The van der Waals surface area contributed by atoms with Crippen molar-refractivity contribution in [2.45, 2.75) is 19.6 Å². The lowest BCUT2D eigenvalue weighted by Gasteiger charge is -2.34. The summed E-state index contributed by atoms with van der Waals surface area (Å²) in [6.45, 7) is 5.82. The number of benzene rings is 1. The molecule has 0 radical (unpaired) electrons. The summed E-state index contributed by atoms with van der Waals surface area (Å²) >= 11 is 3.24. The molecule has 1 N–H and O–H groups in total. The molecule has 1 aliphatic rings. The van der Waals surface area contributed by atoms with Crippen molar-refractivity contribution in [3.05, 3.63) is 52.4 Å². The van der Waals surface area contributed by atoms with Gasteiger partial charge in [-0.15, -0.1) is 0 Å². The van der Waals surface area contributed by atoms with Crippen LogP contribution in [0.1, 0.15) is 12.5 Å². The van der Waals surface area contributed by atoms with Crippen molar-refractivity contribution in [1.29, 1.82) is 0 Å². The molecule has 0 bridgehead atoms. The molecule has 1 atom stereocenters. The van der Waals surface area contributed by atoms with Crippen molar-refractivity contribution in [2.24, 2.45) is 0 Å². The molecule has 1 aromatic heterocycles. The van der Waals surface area contributed by atoms with E-state index in [4.69, 9.17) is 4.74 Å². The minimum Gasteiger partial charge on any atom is -0.480 e. The summed E-state index contributed by atoms with van der Waals surface area (Å²) < 4.78 is 19.3. The van der Waals surface area contributed by atoms with Crippen LogP contribution in [0.3, 0.4) is 0 Å². The fourth-order valence-electron chi connectivity index (χ4n) is 3.01. The maximum absolute atomic E-state index is 13.2. The highest BCUT2D eigenvalue weighted by Crippen LogP contribution is 2.26. The molecule has 1 unspecified atom stereocenters. The average Bonchev–Trinajstić information content (AvgIpc) is 2.69. The summed E-state index contributed by atoms with van der Waals surface area (Å²) in [6.07, 6.45) is 1.06. The van der Waals surface area contributed by atoms with Crippen LogP contribution in [-0.2, 0) is 11.3 Å². The Morgan fingerprint density at radius 2 is 2.07 bits per heavy atom. The SMILES string of the molecule is CC(Oc1ccc(F)cc1Br)C(=O)NCc1cccnc1N1CCN(C)CC1. The number of aromatic nitrogens is 1. The predicted octanol–water partition coefficient (Wildman–Crippen LogP) is 2.82. The fraction of sp³-hybridized carbons (Fsp3) is 0.400. The molecule has 8 heteroatoms. The lowest BCUT2D eigenvalue weighted by atomic mass is 10.2. The predicted molar refractivity (Wildman–Crippen MR) is 110 cm³/mol. The number of nitrogens with one attached hydrogen (secondary N) is 1. The maximum atomic E-state index is 13.2. The lowest BCUT2D eigenvalue weighted by Crippen LogP contribution is -2.45. The van der Waals surface area contributed by atoms with Crippen molar-refractivity contribution in [3.8, 4) is 5.75 Å². The molecule has 1 aromatic carbocycles. The van der Waals surface area contributed by atoms with E-state index in [1.165, 1.54) is 18.2 Å². The fourth-order valence-corrected chi connectivity index (χ4v) is 3.46. The second-order valence-corrected chi connectivity index (χ2v) is 7.68. The van der Waals surface area contributed by atoms with Crippen molar-refractivity contribution in [2.75, 3.05) is 38.1 Å². The Morgan fingerprint density at radius 3 is 2.79 bits per heavy atom. The van der Waals surface area contributed by atoms with Crippen molar-refractivity contribution < 1.29 is 13.9 Å². The Bertz CT molecular complexity index is 828. The molecule has 0 spiro atoms. The van der Waals surface area contributed by atoms with Gasteiger partial charge < -0.3 is 19.9 Å². The van der Waals surface area contributed by atoms with Crippen molar-refractivity contribution >= 4 is 27.7 Å². The minimum absolute atomic E-state index is 0.246. The summed E-state index contributed by atoms with van der Waals surface area (Å²) in [5.41, 5.74) is 0.968. The second-order valence-electron chi connectivity index (χ2n) is 6.83. The number of rotatable bonds is 6. The quantitative estimate of drug-likeness (QED) is 0.732. The van der Waals surface area contributed by atoms with Crippen LogP contribution in [-0.4, -0.2) is 55.1 Å². The first-order valence-corrected chi connectivity index (χ1v) is 10.00. The van der Waals surface area contributed by atoms with Crippen LogP contribution in [0, 0.1) is 5.82 Å². The minimum atomic E-state index is -0.717. The van der Waals surface area contributed by atoms with Gasteiger partial charge in [0.1, 0.15) is 17.4 Å². The van der Waals surface area contributed by atoms with Gasteiger partial charge in [-0.25, -0.2) is 9.37 Å². The largest absolute Gasteiger partial charge is 0.480 e.